The first-order valence-electron chi connectivity index (χ1n) is 11.5. The molecule has 1 aliphatic heterocycles. The van der Waals surface area contributed by atoms with Crippen LogP contribution in [0.15, 0.2) is 35.6 Å². The van der Waals surface area contributed by atoms with Crippen LogP contribution < -0.4 is 19.7 Å². The smallest absolute Gasteiger partial charge is 0.244 e. The highest BCUT2D eigenvalue weighted by Crippen LogP contribution is 2.29. The van der Waals surface area contributed by atoms with E-state index in [2.05, 4.69) is 22.2 Å². The lowest BCUT2D eigenvalue weighted by molar-refractivity contribution is -0.116. The summed E-state index contributed by atoms with van der Waals surface area (Å²) in [6, 6.07) is 5.48. The van der Waals surface area contributed by atoms with Crippen molar-refractivity contribution in [2.75, 3.05) is 57.7 Å². The molecule has 1 amide bonds. The van der Waals surface area contributed by atoms with Crippen LogP contribution in [-0.4, -0.2) is 78.5 Å². The Morgan fingerprint density at radius 1 is 1.20 bits per heavy atom. The number of thioether (sulfide) groups is 1. The third-order valence-electron chi connectivity index (χ3n) is 5.50. The molecule has 4 rings (SSSR count). The third-order valence-corrected chi connectivity index (χ3v) is 6.23. The Morgan fingerprint density at radius 2 is 2.00 bits per heavy atom. The summed E-state index contributed by atoms with van der Waals surface area (Å²) in [5.74, 6) is 2.83. The van der Waals surface area contributed by atoms with Gasteiger partial charge >= 0.3 is 0 Å². The molecule has 186 valence electrons. The van der Waals surface area contributed by atoms with Gasteiger partial charge in [-0.3, -0.25) is 4.79 Å². The Kier molecular flexibility index (Phi) is 8.43. The van der Waals surface area contributed by atoms with E-state index in [1.165, 1.54) is 6.08 Å². The number of hydrogen-bond acceptors (Lipinski definition) is 9. The highest BCUT2D eigenvalue weighted by Gasteiger charge is 2.20. The van der Waals surface area contributed by atoms with Gasteiger partial charge in [0.2, 0.25) is 5.91 Å². The van der Waals surface area contributed by atoms with E-state index >= 15 is 0 Å². The minimum Gasteiger partial charge on any atom is -0.493 e. The van der Waals surface area contributed by atoms with E-state index in [9.17, 15) is 4.79 Å². The van der Waals surface area contributed by atoms with Crippen molar-refractivity contribution >= 4 is 40.6 Å². The van der Waals surface area contributed by atoms with Gasteiger partial charge in [0.05, 0.1) is 45.6 Å². The molecular formula is C24H30N6O4S. The van der Waals surface area contributed by atoms with E-state index < -0.39 is 0 Å². The molecule has 10 nitrogen and oxygen atoms in total. The first-order chi connectivity index (χ1) is 17.1. The van der Waals surface area contributed by atoms with Crippen molar-refractivity contribution in [3.63, 3.8) is 0 Å². The average Bonchev–Trinajstić information content (AvgIpc) is 3.30. The minimum atomic E-state index is -0.192. The molecule has 1 N–H and O–H groups in total. The zero-order valence-corrected chi connectivity index (χ0v) is 21.0. The number of benzene rings is 1. The number of aromatic nitrogens is 4. The van der Waals surface area contributed by atoms with E-state index in [0.717, 1.165) is 46.4 Å². The van der Waals surface area contributed by atoms with Gasteiger partial charge in [-0.05, 0) is 29.5 Å². The summed E-state index contributed by atoms with van der Waals surface area (Å²) in [7, 11) is 3.16. The van der Waals surface area contributed by atoms with Crippen LogP contribution in [0.3, 0.4) is 0 Å². The van der Waals surface area contributed by atoms with Gasteiger partial charge in [0, 0.05) is 25.7 Å². The summed E-state index contributed by atoms with van der Waals surface area (Å²) in [5.41, 5.74) is 1.61. The molecule has 0 spiro atoms. The van der Waals surface area contributed by atoms with Gasteiger partial charge in [-0.25, -0.2) is 14.6 Å². The Labute approximate surface area is 208 Å². The van der Waals surface area contributed by atoms with Gasteiger partial charge in [-0.2, -0.15) is 5.10 Å². The zero-order chi connectivity index (χ0) is 24.6. The van der Waals surface area contributed by atoms with Crippen LogP contribution in [0.2, 0.25) is 0 Å². The van der Waals surface area contributed by atoms with E-state index in [4.69, 9.17) is 24.2 Å². The fraction of sp³-hybridized carbons (Fsp3) is 0.417. The summed E-state index contributed by atoms with van der Waals surface area (Å²) in [6.07, 6.45) is 5.03. The minimum absolute atomic E-state index is 0.192. The second-order valence-corrected chi connectivity index (χ2v) is 8.94. The fourth-order valence-corrected chi connectivity index (χ4v) is 4.33. The normalized spacial score (nSPS) is 14.0. The first kappa shape index (κ1) is 24.8. The molecule has 0 bridgehead atoms. The van der Waals surface area contributed by atoms with Gasteiger partial charge in [-0.15, -0.1) is 0 Å². The fourth-order valence-electron chi connectivity index (χ4n) is 3.77. The Morgan fingerprint density at radius 3 is 2.74 bits per heavy atom. The van der Waals surface area contributed by atoms with Crippen molar-refractivity contribution < 1.29 is 19.0 Å². The highest BCUT2D eigenvalue weighted by atomic mass is 32.2. The number of hydrogen-bond donors (Lipinski definition) is 1. The van der Waals surface area contributed by atoms with Crippen molar-refractivity contribution in [3.8, 4) is 11.5 Å². The number of methoxy groups -OCH3 is 2. The highest BCUT2D eigenvalue weighted by molar-refractivity contribution is 7.99. The van der Waals surface area contributed by atoms with Crippen LogP contribution in [0.5, 0.6) is 11.5 Å². The van der Waals surface area contributed by atoms with Gasteiger partial charge < -0.3 is 24.4 Å². The topological polar surface area (TPSA) is 104 Å². The molecule has 11 heteroatoms. The van der Waals surface area contributed by atoms with Crippen LogP contribution >= 0.6 is 11.8 Å². The predicted octanol–water partition coefficient (Wildman–Crippen LogP) is 2.62. The summed E-state index contributed by atoms with van der Waals surface area (Å²) in [6.45, 7) is 5.92. The third kappa shape index (κ3) is 6.04. The molecule has 2 aromatic heterocycles. The van der Waals surface area contributed by atoms with Crippen molar-refractivity contribution in [2.45, 2.75) is 18.6 Å². The number of carbonyl (C=O) groups is 1. The number of carbonyl (C=O) groups excluding carboxylic acids is 1. The maximum atomic E-state index is 12.4. The molecule has 0 atom stereocenters. The summed E-state index contributed by atoms with van der Waals surface area (Å²) >= 11 is 1.60. The van der Waals surface area contributed by atoms with Crippen LogP contribution in [0.25, 0.3) is 17.1 Å². The van der Waals surface area contributed by atoms with Crippen molar-refractivity contribution in [1.29, 1.82) is 0 Å². The monoisotopic (exact) mass is 498 g/mol. The molecule has 1 aromatic carbocycles. The lowest BCUT2D eigenvalue weighted by atomic mass is 10.2. The Bertz CT molecular complexity index is 1190. The number of fused-ring (bicyclic) bond motifs is 1. The van der Waals surface area contributed by atoms with Gasteiger partial charge in [0.25, 0.3) is 0 Å². The molecule has 0 radical (unpaired) electrons. The first-order valence-corrected chi connectivity index (χ1v) is 12.5. The van der Waals surface area contributed by atoms with Gasteiger partial charge in [-0.1, -0.05) is 24.8 Å². The zero-order valence-electron chi connectivity index (χ0n) is 20.2. The molecule has 3 aromatic rings. The van der Waals surface area contributed by atoms with E-state index in [1.54, 1.807) is 44.3 Å². The summed E-state index contributed by atoms with van der Waals surface area (Å²) in [4.78, 5) is 24.1. The van der Waals surface area contributed by atoms with E-state index in [1.807, 2.05) is 16.8 Å². The molecule has 0 saturated carbocycles. The van der Waals surface area contributed by atoms with Crippen molar-refractivity contribution in [1.82, 2.24) is 25.1 Å². The molecule has 0 unspecified atom stereocenters. The Hall–Kier alpha value is -3.31. The number of ether oxygens (including phenoxy) is 3. The Balaban J connectivity index is 1.42. The van der Waals surface area contributed by atoms with Gasteiger partial charge in [0.15, 0.2) is 22.3 Å². The number of morpholine rings is 1. The average molecular weight is 499 g/mol. The van der Waals surface area contributed by atoms with Crippen LogP contribution in [0.4, 0.5) is 5.82 Å². The SMILES string of the molecule is CCSc1nc(N2CCOCC2)c2cnn(CCNC(=O)/C=C\c3ccc(OC)c(OC)c3)c2n1. The standard InChI is InChI=1S/C24H30N6O4S/c1-4-35-24-27-22(29-11-13-34-14-12-29)18-16-26-30(23(18)28-24)10-9-25-21(31)8-6-17-5-7-19(32-2)20(15-17)33-3/h5-8,15-16H,4,9-14H2,1-3H3,(H,25,31)/b8-6-. The second-order valence-electron chi connectivity index (χ2n) is 7.71. The molecule has 1 saturated heterocycles. The maximum Gasteiger partial charge on any atom is 0.244 e. The number of rotatable bonds is 10. The molecule has 35 heavy (non-hydrogen) atoms. The van der Waals surface area contributed by atoms with E-state index in [-0.39, 0.29) is 5.91 Å². The molecule has 0 aliphatic carbocycles. The van der Waals surface area contributed by atoms with Crippen LogP contribution in [0, 0.1) is 0 Å². The lowest BCUT2D eigenvalue weighted by Gasteiger charge is -2.28. The molecule has 1 fully saturated rings. The lowest BCUT2D eigenvalue weighted by Crippen LogP contribution is -2.37. The van der Waals surface area contributed by atoms with Crippen LogP contribution in [-0.2, 0) is 16.1 Å². The molecule has 1 aliphatic rings. The largest absolute Gasteiger partial charge is 0.493 e. The van der Waals surface area contributed by atoms with E-state index in [0.29, 0.717) is 37.8 Å². The predicted molar refractivity (Wildman–Crippen MR) is 136 cm³/mol. The summed E-state index contributed by atoms with van der Waals surface area (Å²) < 4.78 is 17.9. The van der Waals surface area contributed by atoms with Crippen molar-refractivity contribution in [3.05, 3.63) is 36.0 Å². The quantitative estimate of drug-likeness (QED) is 0.257. The van der Waals surface area contributed by atoms with Crippen LogP contribution in [0.1, 0.15) is 12.5 Å². The number of amides is 1. The summed E-state index contributed by atoms with van der Waals surface area (Å²) in [5, 5.41) is 9.07. The molecule has 3 heterocycles. The number of nitrogens with zero attached hydrogens (tertiary/aromatic N) is 5. The number of anilines is 1. The molecular weight excluding hydrogens is 468 g/mol. The maximum absolute atomic E-state index is 12.4. The van der Waals surface area contributed by atoms with Gasteiger partial charge in [0.1, 0.15) is 5.82 Å². The second kappa shape index (κ2) is 11.9. The van der Waals surface area contributed by atoms with Crippen molar-refractivity contribution in [2.24, 2.45) is 0 Å². The number of nitrogens with one attached hydrogen (secondary N) is 1.